The summed E-state index contributed by atoms with van der Waals surface area (Å²) < 4.78 is 14.2. The lowest BCUT2D eigenvalue weighted by Gasteiger charge is -2.19. The Morgan fingerprint density at radius 3 is 2.52 bits per heavy atom. The highest BCUT2D eigenvalue weighted by molar-refractivity contribution is 5.32. The molecule has 3 atom stereocenters. The molecule has 2 aromatic carbocycles. The van der Waals surface area contributed by atoms with Gasteiger partial charge in [-0.2, -0.15) is 0 Å². The normalized spacial score (nSPS) is 22.0. The first-order chi connectivity index (χ1) is 10.3. The molecule has 2 heteroatoms. The molecule has 0 bridgehead atoms. The van der Waals surface area contributed by atoms with E-state index in [0.29, 0.717) is 11.8 Å². The second kappa shape index (κ2) is 6.40. The standard InChI is InChI=1S/C19H22FN/c1-2-21-13-18(15-10-6-7-11-19(15)20)17-12-16(17)14-8-4-3-5-9-14/h3-11,16-18,21H,2,12-13H2,1H3. The minimum atomic E-state index is -0.0703. The van der Waals surface area contributed by atoms with Crippen LogP contribution in [0.4, 0.5) is 4.39 Å². The summed E-state index contributed by atoms with van der Waals surface area (Å²) in [6, 6.07) is 17.8. The smallest absolute Gasteiger partial charge is 0.126 e. The third-order valence-electron chi connectivity index (χ3n) is 4.50. The first kappa shape index (κ1) is 14.3. The number of likely N-dealkylation sites (N-methyl/N-ethyl adjacent to an activating group) is 1. The van der Waals surface area contributed by atoms with Crippen molar-refractivity contribution in [3.8, 4) is 0 Å². The summed E-state index contributed by atoms with van der Waals surface area (Å²) in [6.45, 7) is 3.87. The maximum Gasteiger partial charge on any atom is 0.126 e. The summed E-state index contributed by atoms with van der Waals surface area (Å²) >= 11 is 0. The number of halogens is 1. The largest absolute Gasteiger partial charge is 0.316 e. The van der Waals surface area contributed by atoms with Gasteiger partial charge >= 0.3 is 0 Å². The number of nitrogens with one attached hydrogen (secondary N) is 1. The maximum atomic E-state index is 14.2. The molecule has 110 valence electrons. The quantitative estimate of drug-likeness (QED) is 0.832. The van der Waals surface area contributed by atoms with Crippen LogP contribution in [0.2, 0.25) is 0 Å². The van der Waals surface area contributed by atoms with Crippen molar-refractivity contribution in [2.24, 2.45) is 5.92 Å². The average molecular weight is 283 g/mol. The van der Waals surface area contributed by atoms with E-state index >= 15 is 0 Å². The zero-order valence-electron chi connectivity index (χ0n) is 12.4. The third kappa shape index (κ3) is 3.16. The molecule has 0 heterocycles. The summed E-state index contributed by atoms with van der Waals surface area (Å²) in [7, 11) is 0. The Kier molecular flexibility index (Phi) is 4.35. The van der Waals surface area contributed by atoms with Crippen molar-refractivity contribution in [3.05, 3.63) is 71.5 Å². The fourth-order valence-electron chi connectivity index (χ4n) is 3.31. The Balaban J connectivity index is 1.80. The van der Waals surface area contributed by atoms with E-state index < -0.39 is 0 Å². The summed E-state index contributed by atoms with van der Waals surface area (Å²) in [4.78, 5) is 0. The van der Waals surface area contributed by atoms with Gasteiger partial charge in [-0.05, 0) is 42.0 Å². The molecule has 1 aliphatic carbocycles. The summed E-state index contributed by atoms with van der Waals surface area (Å²) in [5, 5.41) is 3.40. The number of hydrogen-bond donors (Lipinski definition) is 1. The Hall–Kier alpha value is -1.67. The van der Waals surface area contributed by atoms with E-state index in [4.69, 9.17) is 0 Å². The Morgan fingerprint density at radius 2 is 1.81 bits per heavy atom. The van der Waals surface area contributed by atoms with E-state index in [2.05, 4.69) is 36.5 Å². The zero-order chi connectivity index (χ0) is 14.7. The number of hydrogen-bond acceptors (Lipinski definition) is 1. The average Bonchev–Trinajstić information content (AvgIpc) is 3.31. The van der Waals surface area contributed by atoms with E-state index in [1.54, 1.807) is 12.1 Å². The minimum absolute atomic E-state index is 0.0703. The van der Waals surface area contributed by atoms with Crippen LogP contribution in [0, 0.1) is 11.7 Å². The molecule has 1 saturated carbocycles. The van der Waals surface area contributed by atoms with Gasteiger partial charge in [0.2, 0.25) is 0 Å². The molecule has 0 saturated heterocycles. The van der Waals surface area contributed by atoms with Crippen molar-refractivity contribution in [2.75, 3.05) is 13.1 Å². The molecular weight excluding hydrogens is 261 g/mol. The van der Waals surface area contributed by atoms with Gasteiger partial charge in [-0.3, -0.25) is 0 Å². The molecule has 3 unspecified atom stereocenters. The Labute approximate surface area is 126 Å². The molecule has 0 radical (unpaired) electrons. The number of rotatable bonds is 6. The second-order valence-electron chi connectivity index (χ2n) is 5.85. The van der Waals surface area contributed by atoms with Crippen LogP contribution < -0.4 is 5.32 Å². The van der Waals surface area contributed by atoms with Gasteiger partial charge in [0.05, 0.1) is 0 Å². The van der Waals surface area contributed by atoms with Gasteiger partial charge < -0.3 is 5.32 Å². The Morgan fingerprint density at radius 1 is 1.10 bits per heavy atom. The summed E-state index contributed by atoms with van der Waals surface area (Å²) in [5.41, 5.74) is 2.25. The van der Waals surface area contributed by atoms with Crippen molar-refractivity contribution in [3.63, 3.8) is 0 Å². The zero-order valence-corrected chi connectivity index (χ0v) is 12.4. The molecule has 0 aliphatic heterocycles. The van der Waals surface area contributed by atoms with Crippen LogP contribution in [-0.2, 0) is 0 Å². The van der Waals surface area contributed by atoms with Crippen molar-refractivity contribution in [1.82, 2.24) is 5.32 Å². The van der Waals surface area contributed by atoms with E-state index in [-0.39, 0.29) is 11.7 Å². The van der Waals surface area contributed by atoms with Crippen molar-refractivity contribution >= 4 is 0 Å². The molecule has 1 nitrogen and oxygen atoms in total. The predicted octanol–water partition coefficient (Wildman–Crippen LogP) is 4.32. The minimum Gasteiger partial charge on any atom is -0.316 e. The van der Waals surface area contributed by atoms with Crippen LogP contribution in [0.5, 0.6) is 0 Å². The molecule has 2 aromatic rings. The molecule has 1 fully saturated rings. The van der Waals surface area contributed by atoms with E-state index in [0.717, 1.165) is 25.1 Å². The maximum absolute atomic E-state index is 14.2. The van der Waals surface area contributed by atoms with Gasteiger partial charge in [0.15, 0.2) is 0 Å². The molecule has 0 aromatic heterocycles. The van der Waals surface area contributed by atoms with E-state index in [9.17, 15) is 4.39 Å². The topological polar surface area (TPSA) is 12.0 Å². The summed E-state index contributed by atoms with van der Waals surface area (Å²) in [5.74, 6) is 1.31. The van der Waals surface area contributed by atoms with Gasteiger partial charge in [-0.1, -0.05) is 55.5 Å². The van der Waals surface area contributed by atoms with Crippen LogP contribution in [-0.4, -0.2) is 13.1 Å². The molecule has 1 aliphatic rings. The summed E-state index contributed by atoms with van der Waals surface area (Å²) in [6.07, 6.45) is 1.16. The predicted molar refractivity (Wildman–Crippen MR) is 85.0 cm³/mol. The van der Waals surface area contributed by atoms with Gasteiger partial charge in [0.1, 0.15) is 5.82 Å². The lowest BCUT2D eigenvalue weighted by atomic mass is 9.91. The van der Waals surface area contributed by atoms with Crippen LogP contribution in [0.3, 0.4) is 0 Å². The van der Waals surface area contributed by atoms with E-state index in [1.165, 1.54) is 5.56 Å². The monoisotopic (exact) mass is 283 g/mol. The van der Waals surface area contributed by atoms with Gasteiger partial charge in [-0.25, -0.2) is 4.39 Å². The second-order valence-corrected chi connectivity index (χ2v) is 5.85. The molecule has 0 amide bonds. The number of benzene rings is 2. The first-order valence-electron chi connectivity index (χ1n) is 7.81. The van der Waals surface area contributed by atoms with Crippen molar-refractivity contribution < 1.29 is 4.39 Å². The van der Waals surface area contributed by atoms with E-state index in [1.807, 2.05) is 18.2 Å². The molecule has 21 heavy (non-hydrogen) atoms. The molecule has 3 rings (SSSR count). The highest BCUT2D eigenvalue weighted by Gasteiger charge is 2.44. The first-order valence-corrected chi connectivity index (χ1v) is 7.81. The van der Waals surface area contributed by atoms with Gasteiger partial charge in [-0.15, -0.1) is 0 Å². The van der Waals surface area contributed by atoms with Crippen LogP contribution in [0.1, 0.15) is 36.3 Å². The SMILES string of the molecule is CCNCC(c1ccccc1F)C1CC1c1ccccc1. The Bertz CT molecular complexity index is 581. The molecular formula is C19H22FN. The van der Waals surface area contributed by atoms with Gasteiger partial charge in [0, 0.05) is 12.5 Å². The highest BCUT2D eigenvalue weighted by atomic mass is 19.1. The van der Waals surface area contributed by atoms with Crippen molar-refractivity contribution in [1.29, 1.82) is 0 Å². The molecule has 0 spiro atoms. The van der Waals surface area contributed by atoms with Crippen LogP contribution in [0.25, 0.3) is 0 Å². The van der Waals surface area contributed by atoms with Crippen molar-refractivity contribution in [2.45, 2.75) is 25.2 Å². The highest BCUT2D eigenvalue weighted by Crippen LogP contribution is 2.55. The van der Waals surface area contributed by atoms with Crippen LogP contribution in [0.15, 0.2) is 54.6 Å². The molecule has 1 N–H and O–H groups in total. The lowest BCUT2D eigenvalue weighted by Crippen LogP contribution is -2.23. The fourth-order valence-corrected chi connectivity index (χ4v) is 3.31. The fraction of sp³-hybridized carbons (Fsp3) is 0.368. The third-order valence-corrected chi connectivity index (χ3v) is 4.50. The van der Waals surface area contributed by atoms with Gasteiger partial charge in [0.25, 0.3) is 0 Å². The lowest BCUT2D eigenvalue weighted by molar-refractivity contribution is 0.503. The van der Waals surface area contributed by atoms with Crippen LogP contribution >= 0.6 is 0 Å².